The van der Waals surface area contributed by atoms with Crippen LogP contribution < -0.4 is 4.72 Å². The second-order valence-electron chi connectivity index (χ2n) is 3.82. The highest BCUT2D eigenvalue weighted by atomic mass is 79.9. The minimum absolute atomic E-state index is 0.142. The Bertz CT molecular complexity index is 549. The second-order valence-corrected chi connectivity index (χ2v) is 6.36. The summed E-state index contributed by atoms with van der Waals surface area (Å²) in [4.78, 5) is 0.188. The fourth-order valence-electron chi connectivity index (χ4n) is 1.33. The largest absolute Gasteiger partial charge is 0.241 e. The number of nitriles is 1. The molecular weight excluding hydrogens is 304 g/mol. The van der Waals surface area contributed by atoms with E-state index < -0.39 is 16.1 Å². The molecule has 0 amide bonds. The lowest BCUT2D eigenvalue weighted by atomic mass is 10.2. The Hall–Kier alpha value is -0.900. The van der Waals surface area contributed by atoms with Crippen LogP contribution in [0.25, 0.3) is 0 Å². The van der Waals surface area contributed by atoms with E-state index >= 15 is 0 Å². The number of aryl methyl sites for hydroxylation is 1. The van der Waals surface area contributed by atoms with Gasteiger partial charge in [0.05, 0.1) is 17.4 Å². The fraction of sp³-hybridized carbons (Fsp3) is 0.364. The number of nitrogens with zero attached hydrogens (tertiary/aromatic N) is 1. The van der Waals surface area contributed by atoms with Gasteiger partial charge in [-0.1, -0.05) is 6.07 Å². The van der Waals surface area contributed by atoms with Crippen molar-refractivity contribution in [2.24, 2.45) is 0 Å². The van der Waals surface area contributed by atoms with Crippen molar-refractivity contribution in [1.29, 1.82) is 5.26 Å². The third-order valence-electron chi connectivity index (χ3n) is 2.13. The maximum absolute atomic E-state index is 12.0. The van der Waals surface area contributed by atoms with E-state index in [-0.39, 0.29) is 11.3 Å². The zero-order valence-electron chi connectivity index (χ0n) is 9.57. The summed E-state index contributed by atoms with van der Waals surface area (Å²) >= 11 is 3.23. The number of benzene rings is 1. The molecule has 4 nitrogen and oxygen atoms in total. The highest BCUT2D eigenvalue weighted by Gasteiger charge is 2.19. The molecule has 0 aliphatic rings. The highest BCUT2D eigenvalue weighted by molar-refractivity contribution is 9.10. The van der Waals surface area contributed by atoms with Gasteiger partial charge in [0.1, 0.15) is 0 Å². The van der Waals surface area contributed by atoms with Crippen molar-refractivity contribution in [3.05, 3.63) is 28.2 Å². The Morgan fingerprint density at radius 3 is 2.71 bits per heavy atom. The van der Waals surface area contributed by atoms with Crippen molar-refractivity contribution in [2.45, 2.75) is 31.2 Å². The molecule has 0 bridgehead atoms. The van der Waals surface area contributed by atoms with Crippen molar-refractivity contribution < 1.29 is 8.42 Å². The van der Waals surface area contributed by atoms with E-state index in [4.69, 9.17) is 5.26 Å². The van der Waals surface area contributed by atoms with Gasteiger partial charge in [0.25, 0.3) is 0 Å². The minimum Gasteiger partial charge on any atom is -0.207 e. The molecule has 0 spiro atoms. The van der Waals surface area contributed by atoms with E-state index in [0.717, 1.165) is 5.56 Å². The van der Waals surface area contributed by atoms with Gasteiger partial charge in [-0.05, 0) is 47.5 Å². The van der Waals surface area contributed by atoms with Crippen LogP contribution in [0.1, 0.15) is 18.9 Å². The Labute approximate surface area is 110 Å². The number of nitrogens with one attached hydrogen (secondary N) is 1. The zero-order chi connectivity index (χ0) is 13.1. The van der Waals surface area contributed by atoms with Crippen molar-refractivity contribution in [2.75, 3.05) is 0 Å². The molecule has 1 aromatic carbocycles. The van der Waals surface area contributed by atoms with Crippen LogP contribution in [0.15, 0.2) is 27.6 Å². The molecule has 6 heteroatoms. The van der Waals surface area contributed by atoms with E-state index in [1.807, 2.05) is 13.0 Å². The first-order valence-electron chi connectivity index (χ1n) is 5.02. The monoisotopic (exact) mass is 316 g/mol. The topological polar surface area (TPSA) is 70.0 Å². The standard InChI is InChI=1S/C11H13BrN2O2S/c1-8-3-4-11(10(12)7-8)17(15,16)14-9(2)5-6-13/h3-4,7,9,14H,5H2,1-2H3. The Morgan fingerprint density at radius 2 is 2.18 bits per heavy atom. The van der Waals surface area contributed by atoms with Gasteiger partial charge in [0.2, 0.25) is 10.0 Å². The quantitative estimate of drug-likeness (QED) is 0.926. The molecule has 1 aromatic rings. The SMILES string of the molecule is Cc1ccc(S(=O)(=O)NC(C)CC#N)c(Br)c1. The number of hydrogen-bond acceptors (Lipinski definition) is 3. The molecule has 0 aliphatic carbocycles. The smallest absolute Gasteiger partial charge is 0.207 e. The van der Waals surface area contributed by atoms with Gasteiger partial charge in [-0.15, -0.1) is 0 Å². The fourth-order valence-corrected chi connectivity index (χ4v) is 3.77. The average molecular weight is 317 g/mol. The Kier molecular flexibility index (Phi) is 4.69. The lowest BCUT2D eigenvalue weighted by Crippen LogP contribution is -2.32. The predicted molar refractivity (Wildman–Crippen MR) is 68.9 cm³/mol. The molecule has 0 saturated carbocycles. The van der Waals surface area contributed by atoms with Crippen LogP contribution >= 0.6 is 15.9 Å². The van der Waals surface area contributed by atoms with E-state index in [9.17, 15) is 8.42 Å². The number of hydrogen-bond donors (Lipinski definition) is 1. The zero-order valence-corrected chi connectivity index (χ0v) is 12.0. The molecule has 1 rings (SSSR count). The summed E-state index contributed by atoms with van der Waals surface area (Å²) in [6.45, 7) is 3.54. The van der Waals surface area contributed by atoms with Crippen molar-refractivity contribution in [1.82, 2.24) is 4.72 Å². The normalized spacial score (nSPS) is 13.1. The van der Waals surface area contributed by atoms with Gasteiger partial charge in [-0.3, -0.25) is 0 Å². The third-order valence-corrected chi connectivity index (χ3v) is 4.70. The average Bonchev–Trinajstić information content (AvgIpc) is 2.15. The van der Waals surface area contributed by atoms with Gasteiger partial charge < -0.3 is 0 Å². The van der Waals surface area contributed by atoms with Crippen LogP contribution in [0, 0.1) is 18.3 Å². The summed E-state index contributed by atoms with van der Waals surface area (Å²) in [6.07, 6.45) is 0.142. The van der Waals surface area contributed by atoms with Crippen LogP contribution in [0.3, 0.4) is 0 Å². The first kappa shape index (κ1) is 14.2. The van der Waals surface area contributed by atoms with E-state index in [2.05, 4.69) is 20.7 Å². The molecule has 0 saturated heterocycles. The molecule has 0 aromatic heterocycles. The molecule has 1 N–H and O–H groups in total. The lowest BCUT2D eigenvalue weighted by Gasteiger charge is -2.12. The van der Waals surface area contributed by atoms with Crippen LogP contribution in [0.2, 0.25) is 0 Å². The van der Waals surface area contributed by atoms with Gasteiger partial charge in [-0.2, -0.15) is 5.26 Å². The number of sulfonamides is 1. The molecule has 0 heterocycles. The Morgan fingerprint density at radius 1 is 1.53 bits per heavy atom. The van der Waals surface area contributed by atoms with Crippen molar-refractivity contribution >= 4 is 26.0 Å². The molecule has 0 radical (unpaired) electrons. The summed E-state index contributed by atoms with van der Waals surface area (Å²) in [5.74, 6) is 0. The predicted octanol–water partition coefficient (Wildman–Crippen LogP) is 2.34. The van der Waals surface area contributed by atoms with Crippen LogP contribution in [0.5, 0.6) is 0 Å². The maximum atomic E-state index is 12.0. The van der Waals surface area contributed by atoms with Crippen molar-refractivity contribution in [3.8, 4) is 6.07 Å². The third kappa shape index (κ3) is 3.80. The second kappa shape index (κ2) is 5.63. The maximum Gasteiger partial charge on any atom is 0.241 e. The van der Waals surface area contributed by atoms with E-state index in [0.29, 0.717) is 4.47 Å². The van der Waals surface area contributed by atoms with E-state index in [1.54, 1.807) is 25.1 Å². The molecule has 1 atom stereocenters. The summed E-state index contributed by atoms with van der Waals surface area (Å²) in [5.41, 5.74) is 0.973. The molecular formula is C11H13BrN2O2S. The molecule has 0 aliphatic heterocycles. The molecule has 17 heavy (non-hydrogen) atoms. The summed E-state index contributed by atoms with van der Waals surface area (Å²) in [5, 5.41) is 8.50. The summed E-state index contributed by atoms with van der Waals surface area (Å²) in [7, 11) is -3.58. The van der Waals surface area contributed by atoms with Crippen molar-refractivity contribution in [3.63, 3.8) is 0 Å². The first-order chi connectivity index (χ1) is 7.86. The van der Waals surface area contributed by atoms with Crippen LogP contribution in [-0.2, 0) is 10.0 Å². The number of rotatable bonds is 4. The first-order valence-corrected chi connectivity index (χ1v) is 7.30. The minimum atomic E-state index is -3.58. The van der Waals surface area contributed by atoms with Gasteiger partial charge in [-0.25, -0.2) is 13.1 Å². The highest BCUT2D eigenvalue weighted by Crippen LogP contribution is 2.23. The Balaban J connectivity index is 3.02. The van der Waals surface area contributed by atoms with E-state index in [1.165, 1.54) is 0 Å². The number of halogens is 1. The van der Waals surface area contributed by atoms with Crippen LogP contribution in [0.4, 0.5) is 0 Å². The van der Waals surface area contributed by atoms with Crippen LogP contribution in [-0.4, -0.2) is 14.5 Å². The molecule has 92 valence electrons. The summed E-state index contributed by atoms with van der Waals surface area (Å²) < 4.78 is 27.0. The molecule has 0 fully saturated rings. The van der Waals surface area contributed by atoms with Gasteiger partial charge in [0, 0.05) is 10.5 Å². The lowest BCUT2D eigenvalue weighted by molar-refractivity contribution is 0.562. The van der Waals surface area contributed by atoms with Gasteiger partial charge >= 0.3 is 0 Å². The van der Waals surface area contributed by atoms with Gasteiger partial charge in [0.15, 0.2) is 0 Å². The molecule has 1 unspecified atom stereocenters. The summed E-state index contributed by atoms with van der Waals surface area (Å²) in [6, 6.07) is 6.53.